The summed E-state index contributed by atoms with van der Waals surface area (Å²) in [6, 6.07) is 6.72. The second-order valence-corrected chi connectivity index (χ2v) is 9.18. The Hall–Kier alpha value is -2.32. The van der Waals surface area contributed by atoms with Crippen LogP contribution >= 0.6 is 0 Å². The third kappa shape index (κ3) is 5.79. The van der Waals surface area contributed by atoms with Gasteiger partial charge in [0.1, 0.15) is 18.4 Å². The van der Waals surface area contributed by atoms with Gasteiger partial charge in [0.15, 0.2) is 0 Å². The minimum absolute atomic E-state index is 0.131. The molecule has 0 aromatic heterocycles. The summed E-state index contributed by atoms with van der Waals surface area (Å²) in [6.07, 6.45) is 4.73. The molecular formula is C25H37N3O5. The van der Waals surface area contributed by atoms with Crippen molar-refractivity contribution in [3.63, 3.8) is 0 Å². The van der Waals surface area contributed by atoms with Crippen molar-refractivity contribution in [2.24, 2.45) is 0 Å². The van der Waals surface area contributed by atoms with Crippen LogP contribution < -0.4 is 4.74 Å². The van der Waals surface area contributed by atoms with E-state index in [-0.39, 0.29) is 18.1 Å². The Balaban J connectivity index is 1.40. The number of ether oxygens (including phenoxy) is 3. The molecule has 3 aliphatic heterocycles. The Labute approximate surface area is 196 Å². The molecule has 0 N–H and O–H groups in total. The van der Waals surface area contributed by atoms with E-state index in [0.29, 0.717) is 19.3 Å². The molecule has 0 saturated carbocycles. The predicted molar refractivity (Wildman–Crippen MR) is 124 cm³/mol. The highest BCUT2D eigenvalue weighted by Crippen LogP contribution is 2.29. The molecule has 3 aliphatic rings. The summed E-state index contributed by atoms with van der Waals surface area (Å²) in [4.78, 5) is 30.8. The van der Waals surface area contributed by atoms with Gasteiger partial charge in [0.2, 0.25) is 0 Å². The van der Waals surface area contributed by atoms with Gasteiger partial charge in [-0.15, -0.1) is 0 Å². The number of methoxy groups -OCH3 is 1. The first-order valence-electron chi connectivity index (χ1n) is 12.3. The van der Waals surface area contributed by atoms with Crippen LogP contribution in [0.5, 0.6) is 5.75 Å². The number of nitrogens with zero attached hydrogens (tertiary/aromatic N) is 3. The number of carbonyl (C=O) groups excluding carboxylic acids is 2. The molecule has 0 bridgehead atoms. The number of hydrogen-bond acceptors (Lipinski definition) is 7. The lowest BCUT2D eigenvalue weighted by Crippen LogP contribution is -2.47. The van der Waals surface area contributed by atoms with Gasteiger partial charge >= 0.3 is 12.1 Å². The van der Waals surface area contributed by atoms with Gasteiger partial charge < -0.3 is 19.1 Å². The first-order valence-corrected chi connectivity index (χ1v) is 12.3. The second-order valence-electron chi connectivity index (χ2n) is 9.18. The molecule has 1 unspecified atom stereocenters. The standard InChI is InChI=1S/C25H37N3O5/c1-3-32-25(30)26-12-9-21(10-13-26)27-14-15-33-23-8-7-19(16-20(23)18-27)17-28-11-5-4-6-22(28)24(29)31-2/h7-8,16,21-22H,3-6,9-15,17-18H2,1-2H3. The van der Waals surface area contributed by atoms with Crippen LogP contribution in [0, 0.1) is 0 Å². The van der Waals surface area contributed by atoms with Crippen LogP contribution in [-0.2, 0) is 27.4 Å². The van der Waals surface area contributed by atoms with E-state index in [9.17, 15) is 9.59 Å². The molecule has 182 valence electrons. The quantitative estimate of drug-likeness (QED) is 0.627. The average molecular weight is 460 g/mol. The number of fused-ring (bicyclic) bond motifs is 1. The zero-order chi connectivity index (χ0) is 23.2. The smallest absolute Gasteiger partial charge is 0.409 e. The number of hydrogen-bond donors (Lipinski definition) is 0. The zero-order valence-corrected chi connectivity index (χ0v) is 20.0. The zero-order valence-electron chi connectivity index (χ0n) is 20.0. The lowest BCUT2D eigenvalue weighted by atomic mass is 10.00. The van der Waals surface area contributed by atoms with Crippen LogP contribution in [-0.4, -0.2) is 85.3 Å². The fraction of sp³-hybridized carbons (Fsp3) is 0.680. The second kappa shape index (κ2) is 11.2. The van der Waals surface area contributed by atoms with Crippen LogP contribution in [0.4, 0.5) is 4.79 Å². The lowest BCUT2D eigenvalue weighted by molar-refractivity contribution is -0.148. The molecule has 8 nitrogen and oxygen atoms in total. The molecule has 8 heteroatoms. The van der Waals surface area contributed by atoms with Gasteiger partial charge in [0, 0.05) is 44.3 Å². The number of likely N-dealkylation sites (tertiary alicyclic amines) is 2. The molecule has 4 rings (SSSR count). The average Bonchev–Trinajstić information content (AvgIpc) is 3.06. The summed E-state index contributed by atoms with van der Waals surface area (Å²) in [7, 11) is 1.47. The maximum absolute atomic E-state index is 12.2. The molecule has 1 aromatic rings. The van der Waals surface area contributed by atoms with Crippen molar-refractivity contribution < 1.29 is 23.8 Å². The van der Waals surface area contributed by atoms with Crippen LogP contribution in [0.15, 0.2) is 18.2 Å². The molecule has 0 spiro atoms. The first kappa shape index (κ1) is 23.8. The molecule has 3 heterocycles. The van der Waals surface area contributed by atoms with Crippen molar-refractivity contribution >= 4 is 12.1 Å². The first-order chi connectivity index (χ1) is 16.1. The van der Waals surface area contributed by atoms with Gasteiger partial charge in [0.05, 0.1) is 13.7 Å². The van der Waals surface area contributed by atoms with Crippen LogP contribution in [0.25, 0.3) is 0 Å². The molecule has 0 radical (unpaired) electrons. The maximum atomic E-state index is 12.2. The Morgan fingerprint density at radius 1 is 1.09 bits per heavy atom. The van der Waals surface area contributed by atoms with Crippen molar-refractivity contribution in [2.75, 3.05) is 46.5 Å². The normalized spacial score (nSPS) is 22.7. The topological polar surface area (TPSA) is 71.6 Å². The molecule has 1 atom stereocenters. The summed E-state index contributed by atoms with van der Waals surface area (Å²) < 4.78 is 16.3. The van der Waals surface area contributed by atoms with Gasteiger partial charge in [-0.05, 0) is 56.8 Å². The largest absolute Gasteiger partial charge is 0.492 e. The highest BCUT2D eigenvalue weighted by Gasteiger charge is 2.31. The third-order valence-corrected chi connectivity index (χ3v) is 7.11. The third-order valence-electron chi connectivity index (χ3n) is 7.11. The fourth-order valence-electron chi connectivity index (χ4n) is 5.32. The van der Waals surface area contributed by atoms with Crippen molar-refractivity contribution in [1.29, 1.82) is 0 Å². The van der Waals surface area contributed by atoms with E-state index in [1.807, 2.05) is 11.8 Å². The van der Waals surface area contributed by atoms with Gasteiger partial charge in [0.25, 0.3) is 0 Å². The van der Waals surface area contributed by atoms with Gasteiger partial charge in [-0.1, -0.05) is 12.5 Å². The van der Waals surface area contributed by atoms with Crippen molar-refractivity contribution in [2.45, 2.75) is 64.2 Å². The number of carbonyl (C=O) groups is 2. The number of rotatable bonds is 5. The Kier molecular flexibility index (Phi) is 8.09. The van der Waals surface area contributed by atoms with E-state index in [4.69, 9.17) is 14.2 Å². The van der Waals surface area contributed by atoms with E-state index in [2.05, 4.69) is 28.0 Å². The fourth-order valence-corrected chi connectivity index (χ4v) is 5.32. The summed E-state index contributed by atoms with van der Waals surface area (Å²) in [5.74, 6) is 0.821. The van der Waals surface area contributed by atoms with Crippen LogP contribution in [0.1, 0.15) is 50.2 Å². The van der Waals surface area contributed by atoms with Gasteiger partial charge in [-0.3, -0.25) is 14.6 Å². The van der Waals surface area contributed by atoms with Crippen LogP contribution in [0.2, 0.25) is 0 Å². The van der Waals surface area contributed by atoms with E-state index in [1.165, 1.54) is 18.2 Å². The SMILES string of the molecule is CCOC(=O)N1CCC(N2CCOc3ccc(CN4CCCCC4C(=O)OC)cc3C2)CC1. The summed E-state index contributed by atoms with van der Waals surface area (Å²) in [5, 5.41) is 0. The lowest BCUT2D eigenvalue weighted by Gasteiger charge is -2.37. The van der Waals surface area contributed by atoms with Gasteiger partial charge in [-0.25, -0.2) is 4.79 Å². The number of esters is 1. The Morgan fingerprint density at radius 3 is 2.67 bits per heavy atom. The molecule has 0 aliphatic carbocycles. The monoisotopic (exact) mass is 459 g/mol. The van der Waals surface area contributed by atoms with E-state index in [0.717, 1.165) is 77.1 Å². The van der Waals surface area contributed by atoms with E-state index in [1.54, 1.807) is 0 Å². The van der Waals surface area contributed by atoms with Crippen molar-refractivity contribution in [3.8, 4) is 5.75 Å². The number of amides is 1. The van der Waals surface area contributed by atoms with E-state index < -0.39 is 0 Å². The van der Waals surface area contributed by atoms with Crippen molar-refractivity contribution in [1.82, 2.24) is 14.7 Å². The summed E-state index contributed by atoms with van der Waals surface area (Å²) in [5.41, 5.74) is 2.40. The Bertz CT molecular complexity index is 824. The molecule has 1 aromatic carbocycles. The molecule has 33 heavy (non-hydrogen) atoms. The molecule has 2 saturated heterocycles. The number of benzene rings is 1. The maximum Gasteiger partial charge on any atom is 0.409 e. The summed E-state index contributed by atoms with van der Waals surface area (Å²) in [6.45, 7) is 7.77. The highest BCUT2D eigenvalue weighted by molar-refractivity contribution is 5.75. The molecule has 2 fully saturated rings. The molecule has 1 amide bonds. The minimum Gasteiger partial charge on any atom is -0.492 e. The molecular weight excluding hydrogens is 422 g/mol. The minimum atomic E-state index is -0.201. The predicted octanol–water partition coefficient (Wildman–Crippen LogP) is 3.03. The van der Waals surface area contributed by atoms with Crippen molar-refractivity contribution in [3.05, 3.63) is 29.3 Å². The Morgan fingerprint density at radius 2 is 1.91 bits per heavy atom. The summed E-state index contributed by atoms with van der Waals surface area (Å²) >= 11 is 0. The number of piperidine rings is 2. The van der Waals surface area contributed by atoms with E-state index >= 15 is 0 Å². The highest BCUT2D eigenvalue weighted by atomic mass is 16.6. The van der Waals surface area contributed by atoms with Gasteiger partial charge in [-0.2, -0.15) is 0 Å². The van der Waals surface area contributed by atoms with Crippen LogP contribution in [0.3, 0.4) is 0 Å².